The lowest BCUT2D eigenvalue weighted by Crippen LogP contribution is -2.34. The molecule has 2 aromatic carbocycles. The summed E-state index contributed by atoms with van der Waals surface area (Å²) in [7, 11) is 0. The maximum atomic E-state index is 11.6. The summed E-state index contributed by atoms with van der Waals surface area (Å²) in [6, 6.07) is 14.3. The number of rotatable bonds is 12. The SMILES string of the molecule is O=C1NCc2cc(OCCNC[C@H](O)COc3ccc4c(c3)OC[C@@H](COc3ccncc3)O4)ccc21. The molecule has 1 aromatic heterocycles. The highest BCUT2D eigenvalue weighted by Crippen LogP contribution is 2.35. The molecule has 1 amide bonds. The summed E-state index contributed by atoms with van der Waals surface area (Å²) in [5.74, 6) is 3.19. The van der Waals surface area contributed by atoms with Crippen molar-refractivity contribution in [1.29, 1.82) is 0 Å². The van der Waals surface area contributed by atoms with Gasteiger partial charge in [-0.3, -0.25) is 9.78 Å². The lowest BCUT2D eigenvalue weighted by Gasteiger charge is -2.27. The number of pyridine rings is 1. The second-order valence-electron chi connectivity index (χ2n) is 8.67. The van der Waals surface area contributed by atoms with Gasteiger partial charge in [0.25, 0.3) is 5.91 Å². The minimum Gasteiger partial charge on any atom is -0.492 e. The predicted molar refractivity (Wildman–Crippen MR) is 134 cm³/mol. The molecule has 0 spiro atoms. The summed E-state index contributed by atoms with van der Waals surface area (Å²) in [5.41, 5.74) is 1.64. The number of nitrogens with one attached hydrogen (secondary N) is 2. The van der Waals surface area contributed by atoms with Crippen LogP contribution in [0.3, 0.4) is 0 Å². The van der Waals surface area contributed by atoms with Gasteiger partial charge in [-0.1, -0.05) is 0 Å². The predicted octanol–water partition coefficient (Wildman–Crippen LogP) is 1.95. The smallest absolute Gasteiger partial charge is 0.251 e. The molecule has 2 atom stereocenters. The molecule has 37 heavy (non-hydrogen) atoms. The highest BCUT2D eigenvalue weighted by Gasteiger charge is 2.22. The zero-order valence-corrected chi connectivity index (χ0v) is 20.2. The van der Waals surface area contributed by atoms with E-state index in [0.29, 0.717) is 68.0 Å². The van der Waals surface area contributed by atoms with Gasteiger partial charge in [0.15, 0.2) is 17.6 Å². The van der Waals surface area contributed by atoms with Crippen LogP contribution < -0.4 is 34.3 Å². The van der Waals surface area contributed by atoms with E-state index in [2.05, 4.69) is 15.6 Å². The van der Waals surface area contributed by atoms with Crippen LogP contribution >= 0.6 is 0 Å². The quantitative estimate of drug-likeness (QED) is 0.316. The first-order valence-corrected chi connectivity index (χ1v) is 12.2. The second-order valence-corrected chi connectivity index (χ2v) is 8.67. The number of hydrogen-bond acceptors (Lipinski definition) is 9. The fourth-order valence-corrected chi connectivity index (χ4v) is 3.95. The Hall–Kier alpha value is -4.02. The molecule has 0 saturated carbocycles. The maximum Gasteiger partial charge on any atom is 0.251 e. The van der Waals surface area contributed by atoms with Crippen LogP contribution in [-0.2, 0) is 6.54 Å². The molecule has 0 radical (unpaired) electrons. The zero-order valence-electron chi connectivity index (χ0n) is 20.2. The normalized spacial score (nSPS) is 16.5. The monoisotopic (exact) mass is 507 g/mol. The number of aliphatic hydroxyl groups is 1. The van der Waals surface area contributed by atoms with Crippen molar-refractivity contribution in [2.45, 2.75) is 18.8 Å². The van der Waals surface area contributed by atoms with Crippen molar-refractivity contribution in [2.75, 3.05) is 39.5 Å². The zero-order chi connectivity index (χ0) is 25.5. The molecule has 0 bridgehead atoms. The molecule has 0 unspecified atom stereocenters. The molecule has 10 heteroatoms. The minimum absolute atomic E-state index is 0.0489. The Labute approximate surface area is 214 Å². The van der Waals surface area contributed by atoms with Gasteiger partial charge < -0.3 is 39.4 Å². The Bertz CT molecular complexity index is 1210. The van der Waals surface area contributed by atoms with Crippen LogP contribution in [0.1, 0.15) is 15.9 Å². The first-order valence-electron chi connectivity index (χ1n) is 12.2. The molecule has 5 rings (SSSR count). The number of carbonyl (C=O) groups excluding carboxylic acids is 1. The van der Waals surface area contributed by atoms with Crippen LogP contribution in [0.25, 0.3) is 0 Å². The van der Waals surface area contributed by atoms with E-state index < -0.39 is 6.10 Å². The van der Waals surface area contributed by atoms with Crippen LogP contribution in [0.15, 0.2) is 60.9 Å². The van der Waals surface area contributed by atoms with Gasteiger partial charge in [-0.25, -0.2) is 0 Å². The number of aromatic nitrogens is 1. The summed E-state index contributed by atoms with van der Waals surface area (Å²) in [6.45, 7) is 2.72. The third kappa shape index (κ3) is 6.60. The summed E-state index contributed by atoms with van der Waals surface area (Å²) < 4.78 is 28.9. The van der Waals surface area contributed by atoms with Gasteiger partial charge in [-0.05, 0) is 48.0 Å². The first-order chi connectivity index (χ1) is 18.1. The van der Waals surface area contributed by atoms with Crippen molar-refractivity contribution >= 4 is 5.91 Å². The summed E-state index contributed by atoms with van der Waals surface area (Å²) >= 11 is 0. The van der Waals surface area contributed by atoms with E-state index in [1.165, 1.54) is 0 Å². The maximum absolute atomic E-state index is 11.6. The average molecular weight is 508 g/mol. The molecular weight excluding hydrogens is 478 g/mol. The second kappa shape index (κ2) is 11.8. The van der Waals surface area contributed by atoms with Crippen molar-refractivity contribution in [3.63, 3.8) is 0 Å². The molecule has 2 aliphatic rings. The van der Waals surface area contributed by atoms with Crippen molar-refractivity contribution in [2.24, 2.45) is 0 Å². The lowest BCUT2D eigenvalue weighted by atomic mass is 10.1. The Balaban J connectivity index is 0.981. The number of fused-ring (bicyclic) bond motifs is 2. The molecule has 10 nitrogen and oxygen atoms in total. The third-order valence-electron chi connectivity index (χ3n) is 5.85. The summed E-state index contributed by atoms with van der Waals surface area (Å²) in [5, 5.41) is 16.2. The van der Waals surface area contributed by atoms with Gasteiger partial charge in [-0.2, -0.15) is 0 Å². The van der Waals surface area contributed by atoms with Crippen LogP contribution in [0.4, 0.5) is 0 Å². The standard InChI is InChI=1S/C27H29N3O7/c31-19(14-29-9-10-33-21-1-3-24-18(11-21)13-30-27(24)32)15-34-22-2-4-25-26(12-22)36-17-23(37-25)16-35-20-5-7-28-8-6-20/h1-8,11-12,19,23,29,31H,9-10,13-17H2,(H,30,32)/t19-,23+/m0/s1. The number of amides is 1. The molecule has 0 aliphatic carbocycles. The van der Waals surface area contributed by atoms with E-state index in [0.717, 1.165) is 11.3 Å². The number of hydrogen-bond donors (Lipinski definition) is 3. The molecule has 0 fully saturated rings. The van der Waals surface area contributed by atoms with Gasteiger partial charge in [-0.15, -0.1) is 0 Å². The third-order valence-corrected chi connectivity index (χ3v) is 5.85. The van der Waals surface area contributed by atoms with Gasteiger partial charge in [0.2, 0.25) is 0 Å². The number of ether oxygens (including phenoxy) is 5. The average Bonchev–Trinajstić information content (AvgIpc) is 3.30. The van der Waals surface area contributed by atoms with Gasteiger partial charge >= 0.3 is 0 Å². The van der Waals surface area contributed by atoms with E-state index in [1.54, 1.807) is 54.9 Å². The largest absolute Gasteiger partial charge is 0.492 e. The highest BCUT2D eigenvalue weighted by atomic mass is 16.6. The van der Waals surface area contributed by atoms with Crippen molar-refractivity contribution in [3.8, 4) is 28.7 Å². The molecule has 3 heterocycles. The Kier molecular flexibility index (Phi) is 7.87. The van der Waals surface area contributed by atoms with Crippen LogP contribution in [0.5, 0.6) is 28.7 Å². The molecule has 194 valence electrons. The highest BCUT2D eigenvalue weighted by molar-refractivity contribution is 5.98. The van der Waals surface area contributed by atoms with Gasteiger partial charge in [0, 0.05) is 43.7 Å². The first kappa shape index (κ1) is 24.7. The van der Waals surface area contributed by atoms with Crippen LogP contribution in [0.2, 0.25) is 0 Å². The minimum atomic E-state index is -0.694. The van der Waals surface area contributed by atoms with E-state index in [4.69, 9.17) is 23.7 Å². The summed E-state index contributed by atoms with van der Waals surface area (Å²) in [6.07, 6.45) is 2.42. The van der Waals surface area contributed by atoms with Crippen molar-refractivity contribution in [1.82, 2.24) is 15.6 Å². The van der Waals surface area contributed by atoms with Gasteiger partial charge in [0.05, 0.1) is 0 Å². The van der Waals surface area contributed by atoms with E-state index in [1.807, 2.05) is 6.07 Å². The Morgan fingerprint density at radius 2 is 1.86 bits per heavy atom. The molecule has 0 saturated heterocycles. The topological polar surface area (TPSA) is 120 Å². The molecule has 2 aliphatic heterocycles. The fraction of sp³-hybridized carbons (Fsp3) is 0.333. The Morgan fingerprint density at radius 1 is 1.03 bits per heavy atom. The fourth-order valence-electron chi connectivity index (χ4n) is 3.95. The van der Waals surface area contributed by atoms with Crippen molar-refractivity contribution < 1.29 is 33.6 Å². The van der Waals surface area contributed by atoms with Crippen LogP contribution in [0, 0.1) is 0 Å². The van der Waals surface area contributed by atoms with Gasteiger partial charge in [0.1, 0.15) is 49.8 Å². The van der Waals surface area contributed by atoms with E-state index >= 15 is 0 Å². The van der Waals surface area contributed by atoms with Crippen molar-refractivity contribution in [3.05, 3.63) is 72.1 Å². The lowest BCUT2D eigenvalue weighted by molar-refractivity contribution is 0.0529. The Morgan fingerprint density at radius 3 is 2.76 bits per heavy atom. The van der Waals surface area contributed by atoms with E-state index in [9.17, 15) is 9.90 Å². The number of benzene rings is 2. The van der Waals surface area contributed by atoms with Crippen LogP contribution in [-0.4, -0.2) is 67.7 Å². The molecule has 3 aromatic rings. The number of carbonyl (C=O) groups is 1. The van der Waals surface area contributed by atoms with E-state index in [-0.39, 0.29) is 18.6 Å². The molecule has 3 N–H and O–H groups in total. The number of aliphatic hydroxyl groups excluding tert-OH is 1. The summed E-state index contributed by atoms with van der Waals surface area (Å²) in [4.78, 5) is 15.6. The number of nitrogens with zero attached hydrogens (tertiary/aromatic N) is 1. The molecular formula is C27H29N3O7.